The topological polar surface area (TPSA) is 0 Å². The zero-order valence-corrected chi connectivity index (χ0v) is 16.3. The van der Waals surface area contributed by atoms with E-state index in [-0.39, 0.29) is 43.4 Å². The van der Waals surface area contributed by atoms with Gasteiger partial charge in [-0.05, 0) is 0 Å². The standard InChI is InChI=1S/2C9H13.2ClH.V/c2*1-2-3-6-9-7-4-5-8-9;;;/h2*4,7H,2-3,5-6H2,1H3;2*1H;/q2*-1;;;+2. The van der Waals surface area contributed by atoms with Gasteiger partial charge in [-0.1, -0.05) is 52.4 Å². The van der Waals surface area contributed by atoms with Crippen LogP contribution in [0.1, 0.15) is 65.2 Å². The summed E-state index contributed by atoms with van der Waals surface area (Å²) in [5, 5.41) is 0. The maximum absolute atomic E-state index is 3.30. The Hall–Kier alpha value is 0.124. The van der Waals surface area contributed by atoms with Crippen LogP contribution < -0.4 is 0 Å². The second kappa shape index (κ2) is 18.2. The molecule has 0 heterocycles. The Labute approximate surface area is 155 Å². The van der Waals surface area contributed by atoms with Crippen molar-refractivity contribution in [3.63, 3.8) is 0 Å². The van der Waals surface area contributed by atoms with E-state index in [4.69, 9.17) is 0 Å². The summed E-state index contributed by atoms with van der Waals surface area (Å²) >= 11 is 0. The molecule has 3 heteroatoms. The van der Waals surface area contributed by atoms with Crippen LogP contribution in [0.25, 0.3) is 0 Å². The van der Waals surface area contributed by atoms with Gasteiger partial charge in [0.25, 0.3) is 0 Å². The van der Waals surface area contributed by atoms with Crippen molar-refractivity contribution in [2.24, 2.45) is 0 Å². The minimum atomic E-state index is 0. The summed E-state index contributed by atoms with van der Waals surface area (Å²) in [5.41, 5.74) is 2.83. The molecule has 0 bridgehead atoms. The van der Waals surface area contributed by atoms with Gasteiger partial charge in [0.2, 0.25) is 0 Å². The summed E-state index contributed by atoms with van der Waals surface area (Å²) in [6.07, 6.45) is 25.1. The second-order valence-electron chi connectivity index (χ2n) is 4.82. The third-order valence-corrected chi connectivity index (χ3v) is 3.13. The molecule has 0 atom stereocenters. The van der Waals surface area contributed by atoms with Crippen LogP contribution in [0.2, 0.25) is 0 Å². The van der Waals surface area contributed by atoms with Gasteiger partial charge in [0.15, 0.2) is 0 Å². The van der Waals surface area contributed by atoms with Crippen molar-refractivity contribution in [2.45, 2.75) is 65.2 Å². The van der Waals surface area contributed by atoms with E-state index in [0.717, 1.165) is 12.8 Å². The van der Waals surface area contributed by atoms with Crippen LogP contribution in [0.3, 0.4) is 0 Å². The van der Waals surface area contributed by atoms with E-state index in [1.165, 1.54) is 49.7 Å². The predicted molar refractivity (Wildman–Crippen MR) is 94.6 cm³/mol. The molecule has 0 nitrogen and oxygen atoms in total. The number of halogens is 2. The maximum atomic E-state index is 3.30. The molecule has 2 aliphatic rings. The maximum Gasteiger partial charge on any atom is 2.00 e. The number of rotatable bonds is 6. The van der Waals surface area contributed by atoms with Crippen molar-refractivity contribution in [2.75, 3.05) is 0 Å². The van der Waals surface area contributed by atoms with Gasteiger partial charge in [-0.15, -0.1) is 37.7 Å². The molecular formula is C18H28Cl2V. The summed E-state index contributed by atoms with van der Waals surface area (Å²) in [6, 6.07) is 0. The molecule has 0 aliphatic heterocycles. The first kappa shape index (κ1) is 26.0. The van der Waals surface area contributed by atoms with Gasteiger partial charge < -0.3 is 0 Å². The van der Waals surface area contributed by atoms with E-state index in [0.29, 0.717) is 0 Å². The van der Waals surface area contributed by atoms with Gasteiger partial charge in [0.05, 0.1) is 0 Å². The van der Waals surface area contributed by atoms with Crippen molar-refractivity contribution in [3.8, 4) is 0 Å². The van der Waals surface area contributed by atoms with Crippen LogP contribution in [0.15, 0.2) is 35.5 Å². The molecule has 2 aliphatic carbocycles. The molecule has 0 unspecified atom stereocenters. The Bertz CT molecular complexity index is 307. The number of hydrogen-bond acceptors (Lipinski definition) is 0. The second-order valence-corrected chi connectivity index (χ2v) is 4.82. The van der Waals surface area contributed by atoms with Crippen molar-refractivity contribution >= 4 is 24.8 Å². The zero-order valence-electron chi connectivity index (χ0n) is 13.2. The quantitative estimate of drug-likeness (QED) is 0.466. The molecule has 0 spiro atoms. The van der Waals surface area contributed by atoms with Crippen LogP contribution in [0, 0.1) is 12.2 Å². The molecule has 0 N–H and O–H groups in total. The van der Waals surface area contributed by atoms with Crippen molar-refractivity contribution in [1.82, 2.24) is 0 Å². The molecule has 1 radical (unpaired) electrons. The SMILES string of the molecule is CCCCC1=[C-]CC=C1.CCCCC1=[C-]CC=C1.Cl.Cl.[V+2]. The van der Waals surface area contributed by atoms with Crippen LogP contribution in [0.4, 0.5) is 0 Å². The third-order valence-electron chi connectivity index (χ3n) is 3.13. The van der Waals surface area contributed by atoms with E-state index < -0.39 is 0 Å². The summed E-state index contributed by atoms with van der Waals surface area (Å²) in [6.45, 7) is 4.44. The zero-order chi connectivity index (χ0) is 13.1. The Balaban J connectivity index is -0.000000270. The van der Waals surface area contributed by atoms with Crippen LogP contribution in [-0.4, -0.2) is 0 Å². The fraction of sp³-hybridized carbons (Fsp3) is 0.556. The van der Waals surface area contributed by atoms with E-state index in [1.54, 1.807) is 0 Å². The van der Waals surface area contributed by atoms with Gasteiger partial charge in [-0.3, -0.25) is 12.2 Å². The first-order chi connectivity index (χ1) is 8.86. The number of unbranched alkanes of at least 4 members (excludes halogenated alkanes) is 2. The monoisotopic (exact) mass is 365 g/mol. The largest absolute Gasteiger partial charge is 2.00 e. The number of hydrogen-bond donors (Lipinski definition) is 0. The molecule has 0 aromatic carbocycles. The summed E-state index contributed by atoms with van der Waals surface area (Å²) in [4.78, 5) is 0. The first-order valence-corrected chi connectivity index (χ1v) is 7.39. The average Bonchev–Trinajstić information content (AvgIpc) is 3.07. The van der Waals surface area contributed by atoms with Gasteiger partial charge in [0.1, 0.15) is 0 Å². The molecule has 0 amide bonds. The van der Waals surface area contributed by atoms with Crippen molar-refractivity contribution in [3.05, 3.63) is 47.6 Å². The van der Waals surface area contributed by atoms with Crippen molar-refractivity contribution < 1.29 is 18.6 Å². The molecule has 0 saturated heterocycles. The summed E-state index contributed by atoms with van der Waals surface area (Å²) < 4.78 is 0. The summed E-state index contributed by atoms with van der Waals surface area (Å²) in [5.74, 6) is 0. The third kappa shape index (κ3) is 13.5. The smallest absolute Gasteiger partial charge is 0.269 e. The van der Waals surface area contributed by atoms with Crippen LogP contribution in [-0.2, 0) is 18.6 Å². The van der Waals surface area contributed by atoms with Crippen LogP contribution >= 0.6 is 24.8 Å². The Morgan fingerprint density at radius 1 is 0.810 bits per heavy atom. The van der Waals surface area contributed by atoms with E-state index in [2.05, 4.69) is 50.3 Å². The van der Waals surface area contributed by atoms with Crippen LogP contribution in [0.5, 0.6) is 0 Å². The summed E-state index contributed by atoms with van der Waals surface area (Å²) in [7, 11) is 0. The molecule has 0 saturated carbocycles. The van der Waals surface area contributed by atoms with Gasteiger partial charge in [0, 0.05) is 0 Å². The molecule has 0 aromatic heterocycles. The van der Waals surface area contributed by atoms with Gasteiger partial charge >= 0.3 is 18.6 Å². The Morgan fingerprint density at radius 2 is 1.19 bits per heavy atom. The van der Waals surface area contributed by atoms with E-state index >= 15 is 0 Å². The molecule has 21 heavy (non-hydrogen) atoms. The van der Waals surface area contributed by atoms with E-state index in [1.807, 2.05) is 0 Å². The number of allylic oxidation sites excluding steroid dienone is 8. The fourth-order valence-electron chi connectivity index (χ4n) is 1.98. The molecule has 2 rings (SSSR count). The molecule has 0 aromatic rings. The van der Waals surface area contributed by atoms with Gasteiger partial charge in [-0.25, -0.2) is 23.3 Å². The average molecular weight is 366 g/mol. The Kier molecular flexibility index (Phi) is 22.5. The fourth-order valence-corrected chi connectivity index (χ4v) is 1.98. The normalized spacial score (nSPS) is 14.0. The molecule has 119 valence electrons. The first-order valence-electron chi connectivity index (χ1n) is 7.39. The Morgan fingerprint density at radius 3 is 1.43 bits per heavy atom. The van der Waals surface area contributed by atoms with E-state index in [9.17, 15) is 0 Å². The predicted octanol–water partition coefficient (Wildman–Crippen LogP) is 6.57. The van der Waals surface area contributed by atoms with Gasteiger partial charge in [-0.2, -0.15) is 12.2 Å². The minimum Gasteiger partial charge on any atom is -0.269 e. The molecular weight excluding hydrogens is 338 g/mol. The minimum absolute atomic E-state index is 0. The molecule has 0 fully saturated rings. The van der Waals surface area contributed by atoms with Crippen molar-refractivity contribution in [1.29, 1.82) is 0 Å².